The summed E-state index contributed by atoms with van der Waals surface area (Å²) in [6.07, 6.45) is -8.38. The van der Waals surface area contributed by atoms with Gasteiger partial charge in [0.1, 0.15) is 41.3 Å². The molecule has 4 fully saturated rings. The molecule has 2 bridgehead atoms. The van der Waals surface area contributed by atoms with Crippen LogP contribution in [0.15, 0.2) is 47.1 Å². The Hall–Kier alpha value is -4.29. The van der Waals surface area contributed by atoms with Crippen molar-refractivity contribution in [3.63, 3.8) is 0 Å². The van der Waals surface area contributed by atoms with Crippen LogP contribution in [-0.4, -0.2) is 97.8 Å². The van der Waals surface area contributed by atoms with E-state index in [0.29, 0.717) is 30.0 Å². The Morgan fingerprint density at radius 1 is 0.960 bits per heavy atom. The summed E-state index contributed by atoms with van der Waals surface area (Å²) in [6.45, 7) is 0.104. The number of ether oxygens (including phenoxy) is 4. The molecule has 17 heteroatoms. The summed E-state index contributed by atoms with van der Waals surface area (Å²) in [5, 5.41) is 43.4. The molecule has 50 heavy (non-hydrogen) atoms. The fourth-order valence-electron chi connectivity index (χ4n) is 7.04. The van der Waals surface area contributed by atoms with E-state index in [0.717, 1.165) is 25.7 Å². The highest BCUT2D eigenvalue weighted by molar-refractivity contribution is 5.89. The van der Waals surface area contributed by atoms with Gasteiger partial charge in [-0.3, -0.25) is 0 Å². The van der Waals surface area contributed by atoms with Crippen LogP contribution in [0.25, 0.3) is 11.3 Å². The van der Waals surface area contributed by atoms with Gasteiger partial charge < -0.3 is 48.8 Å². The second-order valence-corrected chi connectivity index (χ2v) is 12.9. The number of pyridine rings is 1. The quantitative estimate of drug-likeness (QED) is 0.225. The minimum Gasteiger partial charge on any atom is -0.479 e. The molecule has 2 aromatic heterocycles. The SMILES string of the molecule is O=C(O[C@@H]1OC(C(=O)O)C(O)[C@H](O)C1O)c1ccc(N2[C@@H]3CC[C@H]2CC(OCc2c(-c4ccccc4OC(F)(F)F)noc2C2CC2)C3)nc1. The molecule has 1 aliphatic carbocycles. The van der Waals surface area contributed by atoms with E-state index >= 15 is 0 Å². The minimum atomic E-state index is -4.88. The average Bonchev–Trinajstić information content (AvgIpc) is 3.78. The van der Waals surface area contributed by atoms with Crippen LogP contribution in [0.2, 0.25) is 0 Å². The van der Waals surface area contributed by atoms with E-state index in [9.17, 15) is 43.2 Å². The van der Waals surface area contributed by atoms with Crippen LogP contribution in [0, 0.1) is 0 Å². The fourth-order valence-corrected chi connectivity index (χ4v) is 7.04. The molecule has 268 valence electrons. The highest BCUT2D eigenvalue weighted by Gasteiger charge is 2.49. The number of carboxylic acids is 1. The molecule has 4 N–H and O–H groups in total. The van der Waals surface area contributed by atoms with Crippen LogP contribution in [0.4, 0.5) is 19.0 Å². The molecule has 14 nitrogen and oxygen atoms in total. The molecule has 0 amide bonds. The molecule has 4 aliphatic rings. The molecule has 5 heterocycles. The van der Waals surface area contributed by atoms with Crippen molar-refractivity contribution >= 4 is 17.8 Å². The maximum absolute atomic E-state index is 13.2. The number of anilines is 1. The molecule has 7 rings (SSSR count). The third kappa shape index (κ3) is 6.87. The first-order valence-corrected chi connectivity index (χ1v) is 16.2. The Labute approximate surface area is 282 Å². The van der Waals surface area contributed by atoms with Crippen molar-refractivity contribution in [3.8, 4) is 17.0 Å². The number of alkyl halides is 3. The van der Waals surface area contributed by atoms with Crippen molar-refractivity contribution in [1.82, 2.24) is 10.1 Å². The van der Waals surface area contributed by atoms with Crippen LogP contribution >= 0.6 is 0 Å². The highest BCUT2D eigenvalue weighted by Crippen LogP contribution is 2.46. The molecule has 3 aromatic rings. The molecule has 0 spiro atoms. The molecule has 0 radical (unpaired) electrons. The first kappa shape index (κ1) is 34.2. The summed E-state index contributed by atoms with van der Waals surface area (Å²) in [6, 6.07) is 9.06. The number of aromatic nitrogens is 2. The van der Waals surface area contributed by atoms with Crippen molar-refractivity contribution < 1.29 is 66.7 Å². The second-order valence-electron chi connectivity index (χ2n) is 12.9. The Kier molecular flexibility index (Phi) is 9.19. The number of rotatable bonds is 10. The summed E-state index contributed by atoms with van der Waals surface area (Å²) < 4.78 is 65.9. The first-order chi connectivity index (χ1) is 23.9. The molecule has 8 atom stereocenters. The number of nitrogens with zero attached hydrogens (tertiary/aromatic N) is 3. The smallest absolute Gasteiger partial charge is 0.479 e. The Morgan fingerprint density at radius 3 is 2.32 bits per heavy atom. The van der Waals surface area contributed by atoms with Gasteiger partial charge in [-0.2, -0.15) is 0 Å². The topological polar surface area (TPSA) is 194 Å². The zero-order valence-corrected chi connectivity index (χ0v) is 26.3. The zero-order chi connectivity index (χ0) is 35.3. The van der Waals surface area contributed by atoms with Crippen molar-refractivity contribution in [1.29, 1.82) is 0 Å². The third-order valence-corrected chi connectivity index (χ3v) is 9.57. The lowest BCUT2D eigenvalue weighted by molar-refractivity contribution is -0.278. The van der Waals surface area contributed by atoms with Crippen LogP contribution < -0.4 is 9.64 Å². The molecular weight excluding hydrogens is 671 g/mol. The lowest BCUT2D eigenvalue weighted by Crippen LogP contribution is -2.60. The lowest BCUT2D eigenvalue weighted by atomic mass is 9.99. The van der Waals surface area contributed by atoms with Crippen LogP contribution in [-0.2, 0) is 25.6 Å². The number of aliphatic carboxylic acids is 1. The largest absolute Gasteiger partial charge is 0.573 e. The molecule has 1 aromatic carbocycles. The number of carbonyl (C=O) groups excluding carboxylic acids is 1. The van der Waals surface area contributed by atoms with E-state index in [4.69, 9.17) is 18.7 Å². The molecular formula is C33H34F3N3O11. The van der Waals surface area contributed by atoms with E-state index in [2.05, 4.69) is 19.8 Å². The monoisotopic (exact) mass is 705 g/mol. The number of aliphatic hydroxyl groups excluding tert-OH is 3. The Bertz CT molecular complexity index is 1700. The number of carbonyl (C=O) groups is 2. The Balaban J connectivity index is 0.999. The number of benzene rings is 1. The Morgan fingerprint density at radius 2 is 1.68 bits per heavy atom. The number of esters is 1. The van der Waals surface area contributed by atoms with Gasteiger partial charge in [-0.05, 0) is 62.8 Å². The van der Waals surface area contributed by atoms with Gasteiger partial charge in [0, 0.05) is 35.3 Å². The van der Waals surface area contributed by atoms with Crippen molar-refractivity contribution in [2.75, 3.05) is 4.90 Å². The van der Waals surface area contributed by atoms with Gasteiger partial charge in [-0.25, -0.2) is 14.6 Å². The molecule has 3 saturated heterocycles. The number of para-hydroxylation sites is 1. The maximum Gasteiger partial charge on any atom is 0.573 e. The van der Waals surface area contributed by atoms with E-state index in [1.54, 1.807) is 12.1 Å². The number of carboxylic acid groups (broad SMARTS) is 1. The van der Waals surface area contributed by atoms with Gasteiger partial charge >= 0.3 is 18.3 Å². The van der Waals surface area contributed by atoms with E-state index in [1.807, 2.05) is 0 Å². The third-order valence-electron chi connectivity index (χ3n) is 9.57. The number of fused-ring (bicyclic) bond motifs is 2. The van der Waals surface area contributed by atoms with Gasteiger partial charge in [-0.15, -0.1) is 13.2 Å². The molecule has 1 saturated carbocycles. The van der Waals surface area contributed by atoms with Crippen molar-refractivity contribution in [3.05, 3.63) is 59.5 Å². The number of aliphatic hydroxyl groups is 3. The fraction of sp³-hybridized carbons (Fsp3) is 0.515. The highest BCUT2D eigenvalue weighted by atomic mass is 19.4. The van der Waals surface area contributed by atoms with Gasteiger partial charge in [0.25, 0.3) is 0 Å². The number of halogens is 3. The number of hydrogen-bond acceptors (Lipinski definition) is 13. The van der Waals surface area contributed by atoms with E-state index in [-0.39, 0.29) is 53.3 Å². The minimum absolute atomic E-state index is 0.0131. The summed E-state index contributed by atoms with van der Waals surface area (Å²) in [5.74, 6) is -1.60. The van der Waals surface area contributed by atoms with Crippen LogP contribution in [0.1, 0.15) is 66.1 Å². The van der Waals surface area contributed by atoms with Gasteiger partial charge in [0.05, 0.1) is 18.3 Å². The van der Waals surface area contributed by atoms with Crippen LogP contribution in [0.3, 0.4) is 0 Å². The number of piperidine rings is 1. The van der Waals surface area contributed by atoms with Crippen molar-refractivity contribution in [2.45, 2.75) is 106 Å². The van der Waals surface area contributed by atoms with Gasteiger partial charge in [-0.1, -0.05) is 17.3 Å². The summed E-state index contributed by atoms with van der Waals surface area (Å²) in [7, 11) is 0. The summed E-state index contributed by atoms with van der Waals surface area (Å²) >= 11 is 0. The van der Waals surface area contributed by atoms with Gasteiger partial charge in [0.2, 0.25) is 6.29 Å². The normalized spacial score (nSPS) is 29.5. The number of hydrogen-bond donors (Lipinski definition) is 4. The molecule has 4 unspecified atom stereocenters. The lowest BCUT2D eigenvalue weighted by Gasteiger charge is -2.39. The van der Waals surface area contributed by atoms with Crippen LogP contribution in [0.5, 0.6) is 5.75 Å². The van der Waals surface area contributed by atoms with E-state index < -0.39 is 49.0 Å². The van der Waals surface area contributed by atoms with Gasteiger partial charge in [0.15, 0.2) is 6.10 Å². The average molecular weight is 706 g/mol. The first-order valence-electron chi connectivity index (χ1n) is 16.2. The zero-order valence-electron chi connectivity index (χ0n) is 26.3. The molecule has 3 aliphatic heterocycles. The maximum atomic E-state index is 13.2. The van der Waals surface area contributed by atoms with E-state index in [1.165, 1.54) is 30.5 Å². The van der Waals surface area contributed by atoms with Crippen molar-refractivity contribution in [2.24, 2.45) is 0 Å². The predicted octanol–water partition coefficient (Wildman–Crippen LogP) is 3.28. The summed E-state index contributed by atoms with van der Waals surface area (Å²) in [5.41, 5.74) is 1.02. The second kappa shape index (κ2) is 13.4. The standard InChI is InChI=1S/C33H34F3N3O11/c34-33(35,36)49-22-4-2-1-3-20(22)24-21(28(50-38-24)15-5-6-15)14-46-19-11-17-8-9-18(12-19)39(17)23-10-7-16(13-37-23)31(45)48-32-27(42)25(40)26(41)29(47-32)30(43)44/h1-4,7,10,13,15,17-19,25-27,29,32,40-42H,5-6,8-9,11-12,14H2,(H,43,44)/t17-,18+,19?,25-,26?,27?,29?,32-/m0/s1. The predicted molar refractivity (Wildman–Crippen MR) is 162 cm³/mol. The summed E-state index contributed by atoms with van der Waals surface area (Å²) in [4.78, 5) is 30.8.